The summed E-state index contributed by atoms with van der Waals surface area (Å²) in [6.07, 6.45) is 6.47. The number of piperazine rings is 1. The highest BCUT2D eigenvalue weighted by atomic mass is 16.2. The standard InChI is InChI=1S/C18H20N6O2/c1-2-5-20-16(25)15-13-14(4-8-19-15)17(26)23-9-11-24(12-10-23)18-21-6-3-7-22-18/h2-4,6-8,13H,1,5,9-12H2,(H,20,25). The number of nitrogens with zero attached hydrogens (tertiary/aromatic N) is 5. The third kappa shape index (κ3) is 4.02. The van der Waals surface area contributed by atoms with Crippen molar-refractivity contribution in [2.45, 2.75) is 0 Å². The number of hydrogen-bond donors (Lipinski definition) is 1. The van der Waals surface area contributed by atoms with Gasteiger partial charge in [0, 0.05) is 56.9 Å². The molecule has 2 aromatic rings. The Labute approximate surface area is 151 Å². The molecule has 26 heavy (non-hydrogen) atoms. The Morgan fingerprint density at radius 1 is 1.12 bits per heavy atom. The highest BCUT2D eigenvalue weighted by Crippen LogP contribution is 2.13. The van der Waals surface area contributed by atoms with Gasteiger partial charge in [-0.1, -0.05) is 6.08 Å². The summed E-state index contributed by atoms with van der Waals surface area (Å²) in [5.41, 5.74) is 0.669. The van der Waals surface area contributed by atoms with Crippen LogP contribution in [0.25, 0.3) is 0 Å². The number of aromatic nitrogens is 3. The van der Waals surface area contributed by atoms with E-state index < -0.39 is 0 Å². The number of carbonyl (C=O) groups is 2. The first-order valence-corrected chi connectivity index (χ1v) is 8.35. The predicted molar refractivity (Wildman–Crippen MR) is 96.9 cm³/mol. The molecule has 1 fully saturated rings. The molecule has 2 aromatic heterocycles. The highest BCUT2D eigenvalue weighted by Gasteiger charge is 2.24. The number of hydrogen-bond acceptors (Lipinski definition) is 6. The molecule has 0 spiro atoms. The van der Waals surface area contributed by atoms with E-state index in [-0.39, 0.29) is 17.5 Å². The van der Waals surface area contributed by atoms with Crippen LogP contribution >= 0.6 is 0 Å². The van der Waals surface area contributed by atoms with Gasteiger partial charge in [-0.2, -0.15) is 0 Å². The third-order valence-electron chi connectivity index (χ3n) is 4.05. The molecule has 1 saturated heterocycles. The molecule has 0 bridgehead atoms. The van der Waals surface area contributed by atoms with Crippen LogP contribution in [0.5, 0.6) is 0 Å². The van der Waals surface area contributed by atoms with Crippen molar-refractivity contribution in [2.75, 3.05) is 37.6 Å². The second kappa shape index (κ2) is 8.19. The van der Waals surface area contributed by atoms with Crippen molar-refractivity contribution in [1.82, 2.24) is 25.2 Å². The van der Waals surface area contributed by atoms with Crippen LogP contribution in [0.15, 0.2) is 49.4 Å². The predicted octanol–water partition coefficient (Wildman–Crippen LogP) is 0.750. The summed E-state index contributed by atoms with van der Waals surface area (Å²) < 4.78 is 0. The van der Waals surface area contributed by atoms with Crippen LogP contribution in [0.4, 0.5) is 5.95 Å². The molecule has 8 heteroatoms. The summed E-state index contributed by atoms with van der Waals surface area (Å²) >= 11 is 0. The van der Waals surface area contributed by atoms with Gasteiger partial charge in [0.25, 0.3) is 11.8 Å². The molecule has 3 rings (SSSR count). The van der Waals surface area contributed by atoms with E-state index in [4.69, 9.17) is 0 Å². The van der Waals surface area contributed by atoms with Crippen molar-refractivity contribution >= 4 is 17.8 Å². The zero-order valence-corrected chi connectivity index (χ0v) is 14.3. The Hall–Kier alpha value is -3.29. The fourth-order valence-corrected chi connectivity index (χ4v) is 2.69. The van der Waals surface area contributed by atoms with Crippen molar-refractivity contribution in [3.63, 3.8) is 0 Å². The van der Waals surface area contributed by atoms with Gasteiger partial charge in [-0.25, -0.2) is 9.97 Å². The molecule has 0 radical (unpaired) electrons. The molecule has 1 aliphatic rings. The lowest BCUT2D eigenvalue weighted by Crippen LogP contribution is -2.49. The van der Waals surface area contributed by atoms with Crippen LogP contribution in [0.1, 0.15) is 20.8 Å². The summed E-state index contributed by atoms with van der Waals surface area (Å²) in [5.74, 6) is 0.231. The van der Waals surface area contributed by atoms with E-state index in [9.17, 15) is 9.59 Å². The lowest BCUT2D eigenvalue weighted by atomic mass is 10.1. The lowest BCUT2D eigenvalue weighted by molar-refractivity contribution is 0.0746. The summed E-state index contributed by atoms with van der Waals surface area (Å²) in [7, 11) is 0. The van der Waals surface area contributed by atoms with Gasteiger partial charge in [0.1, 0.15) is 5.69 Å². The summed E-state index contributed by atoms with van der Waals surface area (Å²) in [6.45, 7) is 6.36. The molecule has 0 atom stereocenters. The summed E-state index contributed by atoms with van der Waals surface area (Å²) in [5, 5.41) is 2.65. The van der Waals surface area contributed by atoms with Crippen LogP contribution in [-0.2, 0) is 0 Å². The minimum atomic E-state index is -0.328. The average molecular weight is 352 g/mol. The van der Waals surface area contributed by atoms with E-state index in [1.165, 1.54) is 12.3 Å². The van der Waals surface area contributed by atoms with E-state index in [1.54, 1.807) is 35.5 Å². The number of pyridine rings is 1. The molecule has 2 amide bonds. The fraction of sp³-hybridized carbons (Fsp3) is 0.278. The van der Waals surface area contributed by atoms with Gasteiger partial charge in [0.05, 0.1) is 0 Å². The third-order valence-corrected chi connectivity index (χ3v) is 4.05. The first kappa shape index (κ1) is 17.5. The molecule has 0 saturated carbocycles. The van der Waals surface area contributed by atoms with Crippen LogP contribution in [-0.4, -0.2) is 64.4 Å². The molecule has 8 nitrogen and oxygen atoms in total. The van der Waals surface area contributed by atoms with Crippen molar-refractivity contribution in [2.24, 2.45) is 0 Å². The monoisotopic (exact) mass is 352 g/mol. The van der Waals surface area contributed by atoms with Gasteiger partial charge in [-0.3, -0.25) is 14.6 Å². The van der Waals surface area contributed by atoms with Gasteiger partial charge in [-0.15, -0.1) is 6.58 Å². The summed E-state index contributed by atoms with van der Waals surface area (Å²) in [6, 6.07) is 4.92. The first-order chi connectivity index (χ1) is 12.7. The van der Waals surface area contributed by atoms with Gasteiger partial charge in [0.15, 0.2) is 0 Å². The number of carbonyl (C=O) groups excluding carboxylic acids is 2. The maximum atomic E-state index is 12.7. The maximum Gasteiger partial charge on any atom is 0.270 e. The lowest BCUT2D eigenvalue weighted by Gasteiger charge is -2.34. The summed E-state index contributed by atoms with van der Waals surface area (Å²) in [4.78, 5) is 41.0. The SMILES string of the molecule is C=CCNC(=O)c1cc(C(=O)N2CCN(c3ncccn3)CC2)ccn1. The quantitative estimate of drug-likeness (QED) is 0.799. The van der Waals surface area contributed by atoms with Crippen molar-refractivity contribution in [1.29, 1.82) is 0 Å². The molecule has 0 aromatic carbocycles. The van der Waals surface area contributed by atoms with Crippen LogP contribution < -0.4 is 10.2 Å². The second-order valence-electron chi connectivity index (χ2n) is 5.76. The van der Waals surface area contributed by atoms with Crippen molar-refractivity contribution in [3.8, 4) is 0 Å². The molecule has 0 unspecified atom stereocenters. The van der Waals surface area contributed by atoms with Crippen LogP contribution in [0.2, 0.25) is 0 Å². The number of nitrogens with one attached hydrogen (secondary N) is 1. The number of amides is 2. The first-order valence-electron chi connectivity index (χ1n) is 8.35. The fourth-order valence-electron chi connectivity index (χ4n) is 2.69. The minimum absolute atomic E-state index is 0.112. The van der Waals surface area contributed by atoms with Gasteiger partial charge in [-0.05, 0) is 18.2 Å². The van der Waals surface area contributed by atoms with Crippen molar-refractivity contribution < 1.29 is 9.59 Å². The van der Waals surface area contributed by atoms with Crippen LogP contribution in [0.3, 0.4) is 0 Å². The Morgan fingerprint density at radius 3 is 2.54 bits per heavy atom. The minimum Gasteiger partial charge on any atom is -0.347 e. The Bertz CT molecular complexity index is 787. The molecule has 134 valence electrons. The topological polar surface area (TPSA) is 91.3 Å². The average Bonchev–Trinajstić information content (AvgIpc) is 2.72. The largest absolute Gasteiger partial charge is 0.347 e. The molecular formula is C18H20N6O2. The molecular weight excluding hydrogens is 332 g/mol. The van der Waals surface area contributed by atoms with Gasteiger partial charge >= 0.3 is 0 Å². The zero-order valence-electron chi connectivity index (χ0n) is 14.3. The highest BCUT2D eigenvalue weighted by molar-refractivity contribution is 5.98. The second-order valence-corrected chi connectivity index (χ2v) is 5.76. The Morgan fingerprint density at radius 2 is 1.85 bits per heavy atom. The Balaban J connectivity index is 1.63. The molecule has 0 aliphatic carbocycles. The molecule has 1 N–H and O–H groups in total. The van der Waals surface area contributed by atoms with E-state index in [0.29, 0.717) is 44.2 Å². The van der Waals surface area contributed by atoms with Gasteiger partial charge in [0.2, 0.25) is 5.95 Å². The zero-order chi connectivity index (χ0) is 18.4. The number of rotatable bonds is 5. The van der Waals surface area contributed by atoms with E-state index >= 15 is 0 Å². The van der Waals surface area contributed by atoms with Crippen molar-refractivity contribution in [3.05, 3.63) is 60.7 Å². The van der Waals surface area contributed by atoms with E-state index in [1.807, 2.05) is 4.90 Å². The van der Waals surface area contributed by atoms with Gasteiger partial charge < -0.3 is 15.1 Å². The van der Waals surface area contributed by atoms with E-state index in [2.05, 4.69) is 26.8 Å². The molecule has 3 heterocycles. The molecule has 1 aliphatic heterocycles. The number of anilines is 1. The van der Waals surface area contributed by atoms with Crippen LogP contribution in [0, 0.1) is 0 Å². The smallest absolute Gasteiger partial charge is 0.270 e. The normalized spacial score (nSPS) is 14.0. The van der Waals surface area contributed by atoms with E-state index in [0.717, 1.165) is 0 Å². The Kier molecular flexibility index (Phi) is 5.52. The maximum absolute atomic E-state index is 12.7.